The molecule has 0 saturated heterocycles. The molecule has 1 N–H and O–H groups in total. The molecule has 1 atom stereocenters. The summed E-state index contributed by atoms with van der Waals surface area (Å²) in [5.74, 6) is -0.747. The maximum Gasteiger partial charge on any atom is 0.264 e. The molecule has 0 aliphatic carbocycles. The predicted octanol–water partition coefficient (Wildman–Crippen LogP) is 5.74. The fourth-order valence-corrected chi connectivity index (χ4v) is 6.05. The zero-order valence-electron chi connectivity index (χ0n) is 23.6. The molecule has 0 saturated carbocycles. The van der Waals surface area contributed by atoms with Gasteiger partial charge >= 0.3 is 0 Å². The first-order valence-corrected chi connectivity index (χ1v) is 15.4. The number of hydrogen-bond donors (Lipinski definition) is 1. The van der Waals surface area contributed by atoms with E-state index in [1.54, 1.807) is 60.7 Å². The highest BCUT2D eigenvalue weighted by Gasteiger charge is 2.34. The first-order chi connectivity index (χ1) is 19.1. The molecule has 2 amide bonds. The quantitative estimate of drug-likeness (QED) is 0.278. The molecule has 0 radical (unpaired) electrons. The SMILES string of the molecule is CCCNC(=O)[C@@H](CC)N(Cc1ccc(Cl)cc1)C(=O)CN(c1ccccc1CC)S(=O)(=O)c1ccc(C)cc1. The van der Waals surface area contributed by atoms with Gasteiger partial charge < -0.3 is 10.2 Å². The van der Waals surface area contributed by atoms with E-state index in [1.165, 1.54) is 9.21 Å². The molecule has 0 heterocycles. The molecule has 0 fully saturated rings. The third-order valence-corrected chi connectivity index (χ3v) is 8.76. The summed E-state index contributed by atoms with van der Waals surface area (Å²) in [5.41, 5.74) is 2.94. The minimum absolute atomic E-state index is 0.0915. The van der Waals surface area contributed by atoms with Gasteiger partial charge in [-0.2, -0.15) is 0 Å². The van der Waals surface area contributed by atoms with E-state index in [1.807, 2.05) is 39.8 Å². The van der Waals surface area contributed by atoms with Crippen LogP contribution in [-0.4, -0.2) is 44.3 Å². The smallest absolute Gasteiger partial charge is 0.264 e. The van der Waals surface area contributed by atoms with Crippen LogP contribution < -0.4 is 9.62 Å². The monoisotopic (exact) mass is 583 g/mol. The van der Waals surface area contributed by atoms with Gasteiger partial charge in [-0.05, 0) is 67.6 Å². The summed E-state index contributed by atoms with van der Waals surface area (Å²) in [4.78, 5) is 28.9. The highest BCUT2D eigenvalue weighted by atomic mass is 35.5. The van der Waals surface area contributed by atoms with Gasteiger partial charge in [-0.3, -0.25) is 13.9 Å². The number of nitrogens with zero attached hydrogens (tertiary/aromatic N) is 2. The average molecular weight is 584 g/mol. The van der Waals surface area contributed by atoms with Crippen molar-refractivity contribution in [3.8, 4) is 0 Å². The summed E-state index contributed by atoms with van der Waals surface area (Å²) in [7, 11) is -4.11. The first kappa shape index (κ1) is 31.2. The minimum atomic E-state index is -4.11. The second-order valence-corrected chi connectivity index (χ2v) is 12.0. The maximum absolute atomic E-state index is 14.1. The fraction of sp³-hybridized carbons (Fsp3) is 0.355. The highest BCUT2D eigenvalue weighted by molar-refractivity contribution is 7.92. The number of amides is 2. The normalized spacial score (nSPS) is 12.0. The lowest BCUT2D eigenvalue weighted by molar-refractivity contribution is -0.140. The van der Waals surface area contributed by atoms with Crippen LogP contribution in [0, 0.1) is 6.92 Å². The molecule has 0 spiro atoms. The Labute approximate surface area is 243 Å². The summed E-state index contributed by atoms with van der Waals surface area (Å²) in [6, 6.07) is 20.0. The maximum atomic E-state index is 14.1. The van der Waals surface area contributed by atoms with Gasteiger partial charge in [-0.1, -0.05) is 80.4 Å². The summed E-state index contributed by atoms with van der Waals surface area (Å²) < 4.78 is 29.3. The molecule has 3 rings (SSSR count). The first-order valence-electron chi connectivity index (χ1n) is 13.6. The molecular formula is C31H38ClN3O4S. The van der Waals surface area contributed by atoms with Gasteiger partial charge in [0.2, 0.25) is 11.8 Å². The molecule has 3 aromatic carbocycles. The van der Waals surface area contributed by atoms with Crippen LogP contribution >= 0.6 is 11.6 Å². The second-order valence-electron chi connectivity index (χ2n) is 9.67. The molecule has 0 aliphatic rings. The number of benzene rings is 3. The van der Waals surface area contributed by atoms with Crippen LogP contribution in [0.25, 0.3) is 0 Å². The molecule has 9 heteroatoms. The molecule has 214 valence electrons. The van der Waals surface area contributed by atoms with Crippen molar-refractivity contribution in [3.63, 3.8) is 0 Å². The molecule has 0 bridgehead atoms. The van der Waals surface area contributed by atoms with Crippen LogP contribution in [-0.2, 0) is 32.6 Å². The summed E-state index contributed by atoms with van der Waals surface area (Å²) in [5, 5.41) is 3.45. The Balaban J connectivity index is 2.08. The Kier molecular flexibility index (Phi) is 11.2. The largest absolute Gasteiger partial charge is 0.354 e. The molecule has 0 aromatic heterocycles. The minimum Gasteiger partial charge on any atom is -0.354 e. The van der Waals surface area contributed by atoms with Crippen LogP contribution in [0.5, 0.6) is 0 Å². The molecule has 40 heavy (non-hydrogen) atoms. The lowest BCUT2D eigenvalue weighted by atomic mass is 10.1. The number of para-hydroxylation sites is 1. The topological polar surface area (TPSA) is 86.8 Å². The van der Waals surface area contributed by atoms with E-state index in [0.717, 1.165) is 23.1 Å². The Hall–Kier alpha value is -3.36. The molecule has 3 aromatic rings. The number of rotatable bonds is 13. The predicted molar refractivity (Wildman–Crippen MR) is 161 cm³/mol. The molecule has 0 aliphatic heterocycles. The van der Waals surface area contributed by atoms with E-state index in [0.29, 0.717) is 30.1 Å². The lowest BCUT2D eigenvalue weighted by Gasteiger charge is -2.33. The van der Waals surface area contributed by atoms with Crippen LogP contribution in [0.15, 0.2) is 77.7 Å². The average Bonchev–Trinajstić information content (AvgIpc) is 2.95. The zero-order valence-corrected chi connectivity index (χ0v) is 25.1. The van der Waals surface area contributed by atoms with Crippen LogP contribution in [0.2, 0.25) is 5.02 Å². The fourth-order valence-electron chi connectivity index (χ4n) is 4.48. The van der Waals surface area contributed by atoms with Crippen molar-refractivity contribution in [1.82, 2.24) is 10.2 Å². The number of nitrogens with one attached hydrogen (secondary N) is 1. The van der Waals surface area contributed by atoms with Crippen LogP contribution in [0.1, 0.15) is 50.3 Å². The number of hydrogen-bond acceptors (Lipinski definition) is 4. The molecule has 7 nitrogen and oxygen atoms in total. The standard InChI is InChI=1S/C31H38ClN3O4S/c1-5-20-33-31(37)28(7-3)34(21-24-14-16-26(32)17-15-24)30(36)22-35(29-11-9-8-10-25(29)6-2)40(38,39)27-18-12-23(4)13-19-27/h8-19,28H,5-7,20-22H2,1-4H3,(H,33,37)/t28-/m1/s1. The Morgan fingerprint density at radius 2 is 1.57 bits per heavy atom. The van der Waals surface area contributed by atoms with Crippen LogP contribution in [0.4, 0.5) is 5.69 Å². The van der Waals surface area contributed by atoms with Gasteiger partial charge in [0.25, 0.3) is 10.0 Å². The van der Waals surface area contributed by atoms with Gasteiger partial charge in [0.15, 0.2) is 0 Å². The Morgan fingerprint density at radius 3 is 2.17 bits per heavy atom. The summed E-state index contributed by atoms with van der Waals surface area (Å²) in [6.45, 7) is 7.77. The van der Waals surface area contributed by atoms with Crippen molar-refractivity contribution < 1.29 is 18.0 Å². The van der Waals surface area contributed by atoms with Crippen molar-refractivity contribution in [2.75, 3.05) is 17.4 Å². The third kappa shape index (κ3) is 7.64. The van der Waals surface area contributed by atoms with Gasteiger partial charge in [0.05, 0.1) is 10.6 Å². The van der Waals surface area contributed by atoms with Crippen molar-refractivity contribution in [3.05, 3.63) is 94.5 Å². The Morgan fingerprint density at radius 1 is 0.925 bits per heavy atom. The van der Waals surface area contributed by atoms with E-state index in [9.17, 15) is 18.0 Å². The van der Waals surface area contributed by atoms with Crippen LogP contribution in [0.3, 0.4) is 0 Å². The van der Waals surface area contributed by atoms with Crippen molar-refractivity contribution >= 4 is 39.1 Å². The van der Waals surface area contributed by atoms with Gasteiger partial charge in [-0.15, -0.1) is 0 Å². The number of carbonyl (C=O) groups is 2. The van der Waals surface area contributed by atoms with Crippen molar-refractivity contribution in [1.29, 1.82) is 0 Å². The third-order valence-electron chi connectivity index (χ3n) is 6.73. The van der Waals surface area contributed by atoms with E-state index in [-0.39, 0.29) is 17.3 Å². The number of carbonyl (C=O) groups excluding carboxylic acids is 2. The van der Waals surface area contributed by atoms with Gasteiger partial charge in [-0.25, -0.2) is 8.42 Å². The zero-order chi connectivity index (χ0) is 29.3. The van der Waals surface area contributed by atoms with Crippen molar-refractivity contribution in [2.45, 2.75) is 64.4 Å². The van der Waals surface area contributed by atoms with Gasteiger partial charge in [0, 0.05) is 18.1 Å². The Bertz CT molecular complexity index is 1390. The highest BCUT2D eigenvalue weighted by Crippen LogP contribution is 2.28. The number of anilines is 1. The molecule has 0 unspecified atom stereocenters. The summed E-state index contributed by atoms with van der Waals surface area (Å²) in [6.07, 6.45) is 1.70. The lowest BCUT2D eigenvalue weighted by Crippen LogP contribution is -2.52. The van der Waals surface area contributed by atoms with Gasteiger partial charge in [0.1, 0.15) is 12.6 Å². The number of halogens is 1. The number of aryl methyl sites for hydroxylation is 2. The van der Waals surface area contributed by atoms with Crippen molar-refractivity contribution in [2.24, 2.45) is 0 Å². The van der Waals surface area contributed by atoms with E-state index in [4.69, 9.17) is 11.6 Å². The second kappa shape index (κ2) is 14.3. The van der Waals surface area contributed by atoms with E-state index < -0.39 is 28.5 Å². The number of sulfonamides is 1. The van der Waals surface area contributed by atoms with E-state index >= 15 is 0 Å². The summed E-state index contributed by atoms with van der Waals surface area (Å²) >= 11 is 6.07. The molecular weight excluding hydrogens is 546 g/mol. The van der Waals surface area contributed by atoms with E-state index in [2.05, 4.69) is 5.32 Å².